The highest BCUT2D eigenvalue weighted by Gasteiger charge is 2.19. The molecule has 0 radical (unpaired) electrons. The van der Waals surface area contributed by atoms with Crippen molar-refractivity contribution >= 4 is 28.5 Å². The van der Waals surface area contributed by atoms with Gasteiger partial charge >= 0.3 is 5.97 Å². The lowest BCUT2D eigenvalue weighted by atomic mass is 10.1. The predicted molar refractivity (Wildman–Crippen MR) is 97.3 cm³/mol. The molecule has 2 aromatic carbocycles. The van der Waals surface area contributed by atoms with Crippen LogP contribution in [-0.4, -0.2) is 23.0 Å². The van der Waals surface area contributed by atoms with E-state index < -0.39 is 18.0 Å². The first-order chi connectivity index (χ1) is 12.6. The minimum Gasteiger partial charge on any atom is -0.452 e. The van der Waals surface area contributed by atoms with Crippen LogP contribution in [0.25, 0.3) is 10.9 Å². The summed E-state index contributed by atoms with van der Waals surface area (Å²) < 4.78 is 5.23. The third-order valence-corrected chi connectivity index (χ3v) is 3.97. The summed E-state index contributed by atoms with van der Waals surface area (Å²) in [5.74, 6) is -0.904. The van der Waals surface area contributed by atoms with Gasteiger partial charge in [0.05, 0.1) is 18.1 Å². The second kappa shape index (κ2) is 7.53. The standard InChI is InChI=1S/C20H17N3O3/c1-13(20(25)23-16-8-6-14(11-21)7-9-16)26-19(24)10-15-12-22-18-5-3-2-4-17(15)18/h2-9,12-13,22H,10H2,1H3,(H,23,25)/t13-/m0/s1. The van der Waals surface area contributed by atoms with Crippen LogP contribution in [0.4, 0.5) is 5.69 Å². The van der Waals surface area contributed by atoms with Crippen LogP contribution >= 0.6 is 0 Å². The number of hydrogen-bond donors (Lipinski definition) is 2. The first-order valence-electron chi connectivity index (χ1n) is 8.12. The number of amides is 1. The van der Waals surface area contributed by atoms with E-state index >= 15 is 0 Å². The third kappa shape index (κ3) is 3.90. The fourth-order valence-corrected chi connectivity index (χ4v) is 2.60. The van der Waals surface area contributed by atoms with Crippen LogP contribution in [0.15, 0.2) is 54.7 Å². The lowest BCUT2D eigenvalue weighted by Crippen LogP contribution is -2.30. The number of esters is 1. The molecule has 2 N–H and O–H groups in total. The maximum atomic E-state index is 12.2. The zero-order valence-corrected chi connectivity index (χ0v) is 14.2. The molecule has 0 aliphatic rings. The zero-order valence-electron chi connectivity index (χ0n) is 14.2. The summed E-state index contributed by atoms with van der Waals surface area (Å²) in [5, 5.41) is 12.4. The average Bonchev–Trinajstić information content (AvgIpc) is 3.05. The summed E-state index contributed by atoms with van der Waals surface area (Å²) in [6, 6.07) is 16.1. The number of hydrogen-bond acceptors (Lipinski definition) is 4. The van der Waals surface area contributed by atoms with Crippen molar-refractivity contribution in [1.82, 2.24) is 4.98 Å². The van der Waals surface area contributed by atoms with Crippen molar-refractivity contribution in [2.75, 3.05) is 5.32 Å². The number of aromatic amines is 1. The fourth-order valence-electron chi connectivity index (χ4n) is 2.60. The number of H-pyrrole nitrogens is 1. The molecule has 0 bridgehead atoms. The van der Waals surface area contributed by atoms with Crippen LogP contribution in [0.1, 0.15) is 18.1 Å². The Morgan fingerprint density at radius 2 is 1.92 bits per heavy atom. The predicted octanol–water partition coefficient (Wildman–Crippen LogP) is 3.15. The summed E-state index contributed by atoms with van der Waals surface area (Å²) in [6.45, 7) is 1.52. The Bertz CT molecular complexity index is 983. The van der Waals surface area contributed by atoms with Crippen LogP contribution in [0.5, 0.6) is 0 Å². The molecule has 0 spiro atoms. The van der Waals surface area contributed by atoms with Crippen molar-refractivity contribution in [3.63, 3.8) is 0 Å². The van der Waals surface area contributed by atoms with Gasteiger partial charge in [-0.1, -0.05) is 18.2 Å². The Hall–Kier alpha value is -3.59. The highest BCUT2D eigenvalue weighted by atomic mass is 16.5. The summed E-state index contributed by atoms with van der Waals surface area (Å²) in [6.07, 6.45) is 0.926. The first kappa shape index (κ1) is 17.2. The normalized spacial score (nSPS) is 11.5. The van der Waals surface area contributed by atoms with Crippen molar-refractivity contribution in [2.45, 2.75) is 19.4 Å². The van der Waals surface area contributed by atoms with Gasteiger partial charge in [-0.05, 0) is 42.8 Å². The largest absolute Gasteiger partial charge is 0.452 e. The Morgan fingerprint density at radius 1 is 1.19 bits per heavy atom. The molecule has 6 nitrogen and oxygen atoms in total. The molecule has 0 saturated heterocycles. The van der Waals surface area contributed by atoms with Crippen LogP contribution in [0.3, 0.4) is 0 Å². The number of nitriles is 1. The van der Waals surface area contributed by atoms with Gasteiger partial charge in [-0.15, -0.1) is 0 Å². The van der Waals surface area contributed by atoms with Crippen LogP contribution in [0, 0.1) is 11.3 Å². The molecule has 6 heteroatoms. The lowest BCUT2D eigenvalue weighted by Gasteiger charge is -2.13. The second-order valence-electron chi connectivity index (χ2n) is 5.85. The summed E-state index contributed by atoms with van der Waals surface area (Å²) >= 11 is 0. The molecule has 3 aromatic rings. The molecule has 0 aliphatic carbocycles. The molecule has 1 amide bonds. The van der Waals surface area contributed by atoms with Crippen LogP contribution in [-0.2, 0) is 20.7 Å². The van der Waals surface area contributed by atoms with Crippen molar-refractivity contribution in [2.24, 2.45) is 0 Å². The number of rotatable bonds is 5. The number of anilines is 1. The number of nitrogens with zero attached hydrogens (tertiary/aromatic N) is 1. The van der Waals surface area contributed by atoms with E-state index in [0.29, 0.717) is 11.3 Å². The number of nitrogens with one attached hydrogen (secondary N) is 2. The van der Waals surface area contributed by atoms with E-state index in [1.807, 2.05) is 30.3 Å². The number of aromatic nitrogens is 1. The van der Waals surface area contributed by atoms with E-state index in [0.717, 1.165) is 16.5 Å². The number of benzene rings is 2. The topological polar surface area (TPSA) is 95.0 Å². The number of carbonyl (C=O) groups is 2. The van der Waals surface area contributed by atoms with Gasteiger partial charge in [0.1, 0.15) is 0 Å². The molecule has 0 unspecified atom stereocenters. The summed E-state index contributed by atoms with van der Waals surface area (Å²) in [7, 11) is 0. The number of carbonyl (C=O) groups excluding carboxylic acids is 2. The summed E-state index contributed by atoms with van der Waals surface area (Å²) in [4.78, 5) is 27.4. The van der Waals surface area contributed by atoms with Gasteiger partial charge in [0.25, 0.3) is 5.91 Å². The Labute approximate surface area is 150 Å². The molecule has 1 atom stereocenters. The maximum Gasteiger partial charge on any atom is 0.311 e. The number of fused-ring (bicyclic) bond motifs is 1. The maximum absolute atomic E-state index is 12.2. The first-order valence-corrected chi connectivity index (χ1v) is 8.12. The Kier molecular flexibility index (Phi) is 4.99. The zero-order chi connectivity index (χ0) is 18.5. The van der Waals surface area contributed by atoms with Crippen molar-refractivity contribution in [1.29, 1.82) is 5.26 Å². The van der Waals surface area contributed by atoms with E-state index in [2.05, 4.69) is 10.3 Å². The summed E-state index contributed by atoms with van der Waals surface area (Å²) in [5.41, 5.74) is 2.81. The van der Waals surface area contributed by atoms with E-state index in [1.54, 1.807) is 30.5 Å². The third-order valence-electron chi connectivity index (χ3n) is 3.97. The van der Waals surface area contributed by atoms with Gasteiger partial charge in [0.2, 0.25) is 0 Å². The van der Waals surface area contributed by atoms with Crippen molar-refractivity contribution in [3.8, 4) is 6.07 Å². The smallest absolute Gasteiger partial charge is 0.311 e. The molecule has 1 aromatic heterocycles. The van der Waals surface area contributed by atoms with Crippen molar-refractivity contribution < 1.29 is 14.3 Å². The minimum atomic E-state index is -0.927. The second-order valence-corrected chi connectivity index (χ2v) is 5.85. The molecule has 26 heavy (non-hydrogen) atoms. The Balaban J connectivity index is 1.58. The fraction of sp³-hybridized carbons (Fsp3) is 0.150. The van der Waals surface area contributed by atoms with E-state index in [1.165, 1.54) is 6.92 Å². The average molecular weight is 347 g/mol. The van der Waals surface area contributed by atoms with E-state index in [-0.39, 0.29) is 6.42 Å². The SMILES string of the molecule is C[C@H](OC(=O)Cc1c[nH]c2ccccc12)C(=O)Nc1ccc(C#N)cc1. The van der Waals surface area contributed by atoms with Crippen LogP contribution < -0.4 is 5.32 Å². The molecule has 3 rings (SSSR count). The van der Waals surface area contributed by atoms with Gasteiger partial charge < -0.3 is 15.0 Å². The molecule has 1 heterocycles. The highest BCUT2D eigenvalue weighted by molar-refractivity contribution is 5.95. The van der Waals surface area contributed by atoms with Crippen molar-refractivity contribution in [3.05, 3.63) is 65.9 Å². The molecule has 0 aliphatic heterocycles. The molecule has 130 valence electrons. The molecular formula is C20H17N3O3. The van der Waals surface area contributed by atoms with E-state index in [9.17, 15) is 9.59 Å². The van der Waals surface area contributed by atoms with Crippen LogP contribution in [0.2, 0.25) is 0 Å². The number of para-hydroxylation sites is 1. The quantitative estimate of drug-likeness (QED) is 0.693. The monoisotopic (exact) mass is 347 g/mol. The molecule has 0 fully saturated rings. The molecular weight excluding hydrogens is 330 g/mol. The van der Waals surface area contributed by atoms with Gasteiger partial charge in [-0.25, -0.2) is 0 Å². The van der Waals surface area contributed by atoms with Gasteiger partial charge in [0.15, 0.2) is 6.10 Å². The van der Waals surface area contributed by atoms with Gasteiger partial charge in [0, 0.05) is 22.8 Å². The number of ether oxygens (including phenoxy) is 1. The van der Waals surface area contributed by atoms with Gasteiger partial charge in [-0.2, -0.15) is 5.26 Å². The molecule has 0 saturated carbocycles. The lowest BCUT2D eigenvalue weighted by molar-refractivity contribution is -0.152. The minimum absolute atomic E-state index is 0.0818. The Morgan fingerprint density at radius 3 is 2.65 bits per heavy atom. The van der Waals surface area contributed by atoms with E-state index in [4.69, 9.17) is 10.00 Å². The van der Waals surface area contributed by atoms with Gasteiger partial charge in [-0.3, -0.25) is 9.59 Å². The highest BCUT2D eigenvalue weighted by Crippen LogP contribution is 2.18.